The molecule has 264 valence electrons. The lowest BCUT2D eigenvalue weighted by molar-refractivity contribution is 0.669. The van der Waals surface area contributed by atoms with Crippen LogP contribution < -0.4 is 0 Å². The molecule has 0 unspecified atom stereocenters. The van der Waals surface area contributed by atoms with Crippen molar-refractivity contribution in [2.75, 3.05) is 0 Å². The third kappa shape index (κ3) is 5.02. The molecule has 11 rings (SSSR count). The van der Waals surface area contributed by atoms with Crippen LogP contribution in [0.1, 0.15) is 19.5 Å². The van der Waals surface area contributed by atoms with E-state index < -0.39 is 13.2 Å². The number of imidazole rings is 1. The predicted octanol–water partition coefficient (Wildman–Crippen LogP) is 14.5. The number of furan rings is 1. The Balaban J connectivity index is 1.14. The van der Waals surface area contributed by atoms with Gasteiger partial charge in [0.25, 0.3) is 0 Å². The number of rotatable bonds is 6. The van der Waals surface area contributed by atoms with Crippen LogP contribution in [0.4, 0.5) is 0 Å². The molecule has 0 aliphatic rings. The fourth-order valence-electron chi connectivity index (χ4n) is 8.66. The number of nitrogens with zero attached hydrogens (tertiary/aromatic N) is 2. The first-order chi connectivity index (χ1) is 29.7. The van der Waals surface area contributed by atoms with Gasteiger partial charge in [0.05, 0.1) is 16.7 Å². The number of benzene rings is 9. The zero-order valence-corrected chi connectivity index (χ0v) is 30.2. The molecule has 0 saturated heterocycles. The van der Waals surface area contributed by atoms with Crippen LogP contribution in [0.25, 0.3) is 105 Å². The summed E-state index contributed by atoms with van der Waals surface area (Å²) >= 11 is 0. The van der Waals surface area contributed by atoms with Gasteiger partial charge in [-0.3, -0.25) is 4.57 Å². The Morgan fingerprint density at radius 3 is 2.00 bits per heavy atom. The van der Waals surface area contributed by atoms with Crippen molar-refractivity contribution in [1.29, 1.82) is 0 Å². The first-order valence-corrected chi connectivity index (χ1v) is 18.8. The third-order valence-electron chi connectivity index (χ3n) is 11.1. The van der Waals surface area contributed by atoms with Crippen LogP contribution in [-0.4, -0.2) is 9.55 Å². The van der Waals surface area contributed by atoms with Crippen LogP contribution in [0.3, 0.4) is 0 Å². The van der Waals surface area contributed by atoms with E-state index in [0.717, 1.165) is 88.0 Å². The molecule has 9 aromatic carbocycles. The van der Waals surface area contributed by atoms with Crippen molar-refractivity contribution in [3.8, 4) is 50.2 Å². The highest BCUT2D eigenvalue weighted by Crippen LogP contribution is 2.48. The molecule has 0 aliphatic carbocycles. The van der Waals surface area contributed by atoms with Gasteiger partial charge in [-0.25, -0.2) is 4.98 Å². The second-order valence-corrected chi connectivity index (χ2v) is 14.2. The van der Waals surface area contributed by atoms with Gasteiger partial charge in [-0.15, -0.1) is 0 Å². The maximum Gasteiger partial charge on any atom is 0.136 e. The summed E-state index contributed by atoms with van der Waals surface area (Å²) in [7, 11) is 0. The van der Waals surface area contributed by atoms with Gasteiger partial charge in [-0.1, -0.05) is 159 Å². The molecule has 2 aromatic heterocycles. The molecule has 0 fully saturated rings. The minimum Gasteiger partial charge on any atom is -0.456 e. The van der Waals surface area contributed by atoms with E-state index in [-0.39, 0.29) is 5.82 Å². The fourth-order valence-corrected chi connectivity index (χ4v) is 8.66. The van der Waals surface area contributed by atoms with Crippen LogP contribution in [0.15, 0.2) is 192 Å². The van der Waals surface area contributed by atoms with Gasteiger partial charge in [0.15, 0.2) is 0 Å². The summed E-state index contributed by atoms with van der Waals surface area (Å²) < 4.78 is 50.0. The van der Waals surface area contributed by atoms with Crippen molar-refractivity contribution in [2.45, 2.75) is 13.2 Å². The number of hydrogen-bond donors (Lipinski definition) is 0. The molecule has 0 atom stereocenters. The monoisotopic (exact) mass is 721 g/mol. The smallest absolute Gasteiger partial charge is 0.136 e. The highest BCUT2D eigenvalue weighted by Gasteiger charge is 2.21. The van der Waals surface area contributed by atoms with Crippen molar-refractivity contribution < 1.29 is 11.3 Å². The zero-order chi connectivity index (χ0) is 41.5. The molecule has 3 nitrogen and oxygen atoms in total. The molecule has 0 amide bonds. The fraction of sp³-hybridized carbons (Fsp3) is 0.0377. The minimum absolute atomic E-state index is 0.162. The summed E-state index contributed by atoms with van der Waals surface area (Å²) in [6.07, 6.45) is -2.71. The molecular weight excluding hydrogens is 681 g/mol. The van der Waals surface area contributed by atoms with Crippen molar-refractivity contribution in [1.82, 2.24) is 9.55 Å². The molecule has 11 aromatic rings. The Morgan fingerprint density at radius 1 is 0.500 bits per heavy atom. The summed E-state index contributed by atoms with van der Waals surface area (Å²) in [5, 5.41) is 6.67. The van der Waals surface area contributed by atoms with E-state index in [4.69, 9.17) is 11.3 Å². The highest BCUT2D eigenvalue weighted by atomic mass is 16.3. The summed E-state index contributed by atoms with van der Waals surface area (Å²) in [6.45, 7) is -2.94. The Labute approximate surface area is 331 Å². The Hall–Kier alpha value is -7.23. The van der Waals surface area contributed by atoms with E-state index in [0.29, 0.717) is 16.7 Å². The van der Waals surface area contributed by atoms with Gasteiger partial charge < -0.3 is 4.42 Å². The molecular formula is C53H36N2O. The Morgan fingerprint density at radius 2 is 1.14 bits per heavy atom. The van der Waals surface area contributed by atoms with Crippen molar-refractivity contribution >= 4 is 54.5 Å². The second-order valence-electron chi connectivity index (χ2n) is 14.2. The Kier molecular flexibility index (Phi) is 6.34. The summed E-state index contributed by atoms with van der Waals surface area (Å²) in [4.78, 5) is 4.58. The highest BCUT2D eigenvalue weighted by molar-refractivity contribution is 6.26. The number of aromatic nitrogens is 2. The summed E-state index contributed by atoms with van der Waals surface area (Å²) in [5.41, 5.74) is 11.9. The van der Waals surface area contributed by atoms with Crippen LogP contribution in [0.2, 0.25) is 0 Å². The largest absolute Gasteiger partial charge is 0.456 e. The second kappa shape index (κ2) is 13.0. The number of aryl methyl sites for hydroxylation is 1. The SMILES string of the molecule is [2H]C([2H])([2H])C([2H])([2H])c1nc2ccccc2n1-c1ccccc1-c1ccc(-c2c3ccccc3c(-c3cccc4oc5ccccc5c34)c3cc(-c4ccccc4)ccc23)cc1. The van der Waals surface area contributed by atoms with E-state index in [1.807, 2.05) is 66.7 Å². The number of fused-ring (bicyclic) bond motifs is 6. The summed E-state index contributed by atoms with van der Waals surface area (Å²) in [5.74, 6) is -0.162. The van der Waals surface area contributed by atoms with Gasteiger partial charge in [-0.2, -0.15) is 0 Å². The van der Waals surface area contributed by atoms with E-state index in [2.05, 4.69) is 120 Å². The average Bonchev–Trinajstić information content (AvgIpc) is 3.88. The maximum atomic E-state index is 8.79. The zero-order valence-electron chi connectivity index (χ0n) is 35.2. The minimum atomic E-state index is -2.94. The molecule has 0 aliphatic heterocycles. The van der Waals surface area contributed by atoms with E-state index in [1.54, 1.807) is 10.6 Å². The quantitative estimate of drug-likeness (QED) is 0.160. The van der Waals surface area contributed by atoms with Crippen LogP contribution >= 0.6 is 0 Å². The van der Waals surface area contributed by atoms with Crippen molar-refractivity contribution in [2.24, 2.45) is 0 Å². The maximum absolute atomic E-state index is 8.79. The third-order valence-corrected chi connectivity index (χ3v) is 11.1. The van der Waals surface area contributed by atoms with Crippen LogP contribution in [-0.2, 0) is 6.37 Å². The standard InChI is InChI=1S/C53H36N2O/c1-2-50-54-45-22-10-12-24-47(45)55(50)46-23-11-8-17-38(46)35-27-29-36(30-28-35)51-39-18-6-7-19-40(39)52(44-33-37(31-32-41(44)51)34-15-4-3-5-16-34)43-21-14-26-49-53(43)42-20-9-13-25-48(42)56-49/h3-33H,2H2,1H3/i1D3,2D2. The van der Waals surface area contributed by atoms with E-state index >= 15 is 0 Å². The first-order valence-electron chi connectivity index (χ1n) is 21.3. The van der Waals surface area contributed by atoms with Crippen LogP contribution in [0, 0.1) is 0 Å². The van der Waals surface area contributed by atoms with Gasteiger partial charge in [0.1, 0.15) is 17.0 Å². The topological polar surface area (TPSA) is 31.0 Å². The molecule has 0 N–H and O–H groups in total. The number of para-hydroxylation sites is 4. The average molecular weight is 722 g/mol. The lowest BCUT2D eigenvalue weighted by atomic mass is 9.83. The first kappa shape index (κ1) is 27.4. The lowest BCUT2D eigenvalue weighted by Gasteiger charge is -2.20. The van der Waals surface area contributed by atoms with Crippen LogP contribution in [0.5, 0.6) is 0 Å². The molecule has 3 heteroatoms. The lowest BCUT2D eigenvalue weighted by Crippen LogP contribution is -2.02. The molecule has 0 saturated carbocycles. The van der Waals surface area contributed by atoms with Gasteiger partial charge in [-0.05, 0) is 96.9 Å². The molecule has 56 heavy (non-hydrogen) atoms. The van der Waals surface area contributed by atoms with Gasteiger partial charge in [0, 0.05) is 29.6 Å². The molecule has 0 radical (unpaired) electrons. The van der Waals surface area contributed by atoms with Crippen molar-refractivity contribution in [3.63, 3.8) is 0 Å². The normalized spacial score (nSPS) is 13.5. The Bertz CT molecular complexity index is 3490. The van der Waals surface area contributed by atoms with Gasteiger partial charge in [0.2, 0.25) is 0 Å². The molecule has 0 bridgehead atoms. The van der Waals surface area contributed by atoms with E-state index in [1.165, 1.54) is 0 Å². The molecule has 0 spiro atoms. The predicted molar refractivity (Wildman–Crippen MR) is 234 cm³/mol. The van der Waals surface area contributed by atoms with Crippen molar-refractivity contribution in [3.05, 3.63) is 194 Å². The number of hydrogen-bond acceptors (Lipinski definition) is 2. The van der Waals surface area contributed by atoms with E-state index in [9.17, 15) is 0 Å². The molecule has 2 heterocycles. The van der Waals surface area contributed by atoms with Gasteiger partial charge >= 0.3 is 0 Å². The summed E-state index contributed by atoms with van der Waals surface area (Å²) in [6, 6.07) is 64.0.